The highest BCUT2D eigenvalue weighted by molar-refractivity contribution is 7.99. The molecule has 0 aliphatic heterocycles. The Morgan fingerprint density at radius 3 is 2.95 bits per heavy atom. The average molecular weight is 324 g/mol. The van der Waals surface area contributed by atoms with Gasteiger partial charge in [0.25, 0.3) is 5.56 Å². The molecule has 0 aliphatic rings. The van der Waals surface area contributed by atoms with Crippen molar-refractivity contribution in [2.75, 3.05) is 12.9 Å². The fourth-order valence-electron chi connectivity index (χ4n) is 1.50. The van der Waals surface area contributed by atoms with E-state index in [1.165, 1.54) is 24.5 Å². The minimum Gasteiger partial charge on any atom is -0.469 e. The van der Waals surface area contributed by atoms with Crippen LogP contribution in [-0.4, -0.2) is 34.6 Å². The van der Waals surface area contributed by atoms with Crippen LogP contribution in [0.5, 0.6) is 0 Å². The SMILES string of the molecule is COC(=O)Cc1cc(=O)[nH]c(SCC(=O)c2cccs2)n1. The Kier molecular flexibility index (Phi) is 5.29. The van der Waals surface area contributed by atoms with Gasteiger partial charge in [0.05, 0.1) is 29.9 Å². The van der Waals surface area contributed by atoms with E-state index in [2.05, 4.69) is 14.7 Å². The fourth-order valence-corrected chi connectivity index (χ4v) is 3.04. The number of thiophene rings is 1. The minimum absolute atomic E-state index is 0.0315. The van der Waals surface area contributed by atoms with Crippen molar-refractivity contribution >= 4 is 34.9 Å². The third kappa shape index (κ3) is 4.54. The lowest BCUT2D eigenvalue weighted by Gasteiger charge is -2.03. The van der Waals surface area contributed by atoms with Gasteiger partial charge in [-0.3, -0.25) is 14.4 Å². The molecule has 0 saturated heterocycles. The van der Waals surface area contributed by atoms with Crippen LogP contribution in [0.3, 0.4) is 0 Å². The zero-order chi connectivity index (χ0) is 15.2. The Bertz CT molecular complexity index is 694. The summed E-state index contributed by atoms with van der Waals surface area (Å²) in [7, 11) is 1.27. The summed E-state index contributed by atoms with van der Waals surface area (Å²) in [6, 6.07) is 4.79. The molecule has 2 aromatic heterocycles. The maximum absolute atomic E-state index is 11.9. The fraction of sp³-hybridized carbons (Fsp3) is 0.231. The third-order valence-corrected chi connectivity index (χ3v) is 4.25. The van der Waals surface area contributed by atoms with Crippen molar-refractivity contribution < 1.29 is 14.3 Å². The van der Waals surface area contributed by atoms with Crippen molar-refractivity contribution in [3.63, 3.8) is 0 Å². The number of ether oxygens (including phenoxy) is 1. The van der Waals surface area contributed by atoms with Gasteiger partial charge >= 0.3 is 5.97 Å². The third-order valence-electron chi connectivity index (χ3n) is 2.46. The highest BCUT2D eigenvalue weighted by Crippen LogP contribution is 2.17. The van der Waals surface area contributed by atoms with Gasteiger partial charge in [-0.05, 0) is 11.4 Å². The molecule has 0 aliphatic carbocycles. The second-order valence-corrected chi connectivity index (χ2v) is 5.90. The van der Waals surface area contributed by atoms with Crippen molar-refractivity contribution in [2.45, 2.75) is 11.6 Å². The molecule has 8 heteroatoms. The second kappa shape index (κ2) is 7.19. The number of hydrogen-bond donors (Lipinski definition) is 1. The predicted molar refractivity (Wildman–Crippen MR) is 80.0 cm³/mol. The van der Waals surface area contributed by atoms with E-state index in [9.17, 15) is 14.4 Å². The number of carbonyl (C=O) groups excluding carboxylic acids is 2. The van der Waals surface area contributed by atoms with Crippen molar-refractivity contribution in [1.29, 1.82) is 0 Å². The van der Waals surface area contributed by atoms with Gasteiger partial charge in [-0.25, -0.2) is 4.98 Å². The molecule has 0 saturated carbocycles. The first-order valence-corrected chi connectivity index (χ1v) is 7.81. The van der Waals surface area contributed by atoms with Gasteiger partial charge in [0, 0.05) is 6.07 Å². The molecular formula is C13H12N2O4S2. The molecule has 0 aromatic carbocycles. The average Bonchev–Trinajstić information content (AvgIpc) is 2.98. The van der Waals surface area contributed by atoms with E-state index < -0.39 is 5.97 Å². The first-order valence-electron chi connectivity index (χ1n) is 5.95. The number of Topliss-reactive ketones (excluding diaryl/α,β-unsaturated/α-hetero) is 1. The zero-order valence-corrected chi connectivity index (χ0v) is 12.8. The van der Waals surface area contributed by atoms with Crippen molar-refractivity contribution in [2.24, 2.45) is 0 Å². The van der Waals surface area contributed by atoms with Crippen LogP contribution < -0.4 is 5.56 Å². The second-order valence-electron chi connectivity index (χ2n) is 3.98. The summed E-state index contributed by atoms with van der Waals surface area (Å²) in [6.45, 7) is 0. The Labute approximate surface area is 128 Å². The number of esters is 1. The molecule has 0 spiro atoms. The lowest BCUT2D eigenvalue weighted by Crippen LogP contribution is -2.14. The number of nitrogens with zero attached hydrogens (tertiary/aromatic N) is 1. The lowest BCUT2D eigenvalue weighted by molar-refractivity contribution is -0.139. The van der Waals surface area contributed by atoms with E-state index in [-0.39, 0.29) is 23.5 Å². The molecule has 2 aromatic rings. The molecule has 2 rings (SSSR count). The van der Waals surface area contributed by atoms with Gasteiger partial charge in [0.2, 0.25) is 0 Å². The van der Waals surface area contributed by atoms with Crippen LogP contribution in [-0.2, 0) is 16.0 Å². The number of carbonyl (C=O) groups is 2. The van der Waals surface area contributed by atoms with Crippen LogP contribution in [0.15, 0.2) is 33.5 Å². The molecule has 110 valence electrons. The van der Waals surface area contributed by atoms with Crippen molar-refractivity contribution in [3.05, 3.63) is 44.5 Å². The van der Waals surface area contributed by atoms with Crippen LogP contribution in [0.2, 0.25) is 0 Å². The van der Waals surface area contributed by atoms with Crippen LogP contribution in [0.4, 0.5) is 0 Å². The largest absolute Gasteiger partial charge is 0.469 e. The summed E-state index contributed by atoms with van der Waals surface area (Å²) in [4.78, 5) is 41.9. The number of H-pyrrole nitrogens is 1. The summed E-state index contributed by atoms with van der Waals surface area (Å²) in [5, 5.41) is 2.14. The van der Waals surface area contributed by atoms with Crippen molar-refractivity contribution in [1.82, 2.24) is 9.97 Å². The Morgan fingerprint density at radius 2 is 2.29 bits per heavy atom. The van der Waals surface area contributed by atoms with Crippen LogP contribution >= 0.6 is 23.1 Å². The normalized spacial score (nSPS) is 10.3. The summed E-state index contributed by atoms with van der Waals surface area (Å²) in [6.07, 6.45) is -0.0765. The molecule has 6 nitrogen and oxygen atoms in total. The monoisotopic (exact) mass is 324 g/mol. The summed E-state index contributed by atoms with van der Waals surface area (Å²) in [5.41, 5.74) is -0.0494. The van der Waals surface area contributed by atoms with Gasteiger partial charge in [-0.15, -0.1) is 11.3 Å². The minimum atomic E-state index is -0.473. The van der Waals surface area contributed by atoms with Crippen LogP contribution in [0, 0.1) is 0 Å². The summed E-state index contributed by atoms with van der Waals surface area (Å²) < 4.78 is 4.53. The number of ketones is 1. The van der Waals surface area contributed by atoms with E-state index in [0.29, 0.717) is 15.7 Å². The molecule has 0 unspecified atom stereocenters. The van der Waals surface area contributed by atoms with E-state index in [0.717, 1.165) is 11.8 Å². The van der Waals surface area contributed by atoms with Gasteiger partial charge in [0.1, 0.15) is 0 Å². The van der Waals surface area contributed by atoms with Gasteiger partial charge in [-0.1, -0.05) is 17.8 Å². The first-order chi connectivity index (χ1) is 10.1. The zero-order valence-electron chi connectivity index (χ0n) is 11.1. The summed E-state index contributed by atoms with van der Waals surface area (Å²) in [5.74, 6) is -0.333. The van der Waals surface area contributed by atoms with E-state index in [1.807, 2.05) is 5.38 Å². The van der Waals surface area contributed by atoms with Crippen molar-refractivity contribution in [3.8, 4) is 0 Å². The van der Waals surface area contributed by atoms with E-state index in [1.54, 1.807) is 12.1 Å². The molecule has 2 heterocycles. The molecule has 0 fully saturated rings. The van der Waals surface area contributed by atoms with Crippen LogP contribution in [0.1, 0.15) is 15.4 Å². The maximum atomic E-state index is 11.9. The summed E-state index contributed by atoms with van der Waals surface area (Å²) >= 11 is 2.50. The van der Waals surface area contributed by atoms with Gasteiger partial charge in [0.15, 0.2) is 10.9 Å². The van der Waals surface area contributed by atoms with Gasteiger partial charge < -0.3 is 9.72 Å². The van der Waals surface area contributed by atoms with E-state index >= 15 is 0 Å². The predicted octanol–water partition coefficient (Wildman–Crippen LogP) is 1.52. The Balaban J connectivity index is 2.04. The Morgan fingerprint density at radius 1 is 1.48 bits per heavy atom. The smallest absolute Gasteiger partial charge is 0.311 e. The number of hydrogen-bond acceptors (Lipinski definition) is 7. The molecule has 0 amide bonds. The molecule has 1 N–H and O–H groups in total. The van der Waals surface area contributed by atoms with E-state index in [4.69, 9.17) is 0 Å². The highest BCUT2D eigenvalue weighted by atomic mass is 32.2. The standard InChI is InChI=1S/C13H12N2O4S2/c1-19-12(18)6-8-5-11(17)15-13(14-8)21-7-9(16)10-3-2-4-20-10/h2-5H,6-7H2,1H3,(H,14,15,17). The maximum Gasteiger partial charge on any atom is 0.311 e. The number of aromatic amines is 1. The number of nitrogens with one attached hydrogen (secondary N) is 1. The number of thioether (sulfide) groups is 1. The Hall–Kier alpha value is -1.93. The number of aromatic nitrogens is 2. The molecular weight excluding hydrogens is 312 g/mol. The van der Waals surface area contributed by atoms with Gasteiger partial charge in [-0.2, -0.15) is 0 Å². The quantitative estimate of drug-likeness (QED) is 0.375. The highest BCUT2D eigenvalue weighted by Gasteiger charge is 2.11. The molecule has 0 radical (unpaired) electrons. The van der Waals surface area contributed by atoms with Crippen LogP contribution in [0.25, 0.3) is 0 Å². The number of rotatable bonds is 6. The molecule has 0 bridgehead atoms. The lowest BCUT2D eigenvalue weighted by atomic mass is 10.3. The topological polar surface area (TPSA) is 89.1 Å². The molecule has 0 atom stereocenters. The first kappa shape index (κ1) is 15.5. The molecule has 21 heavy (non-hydrogen) atoms. The number of methoxy groups -OCH3 is 1.